The van der Waals surface area contributed by atoms with Gasteiger partial charge in [0.05, 0.1) is 20.8 Å². The third kappa shape index (κ3) is 5.92. The Morgan fingerprint density at radius 3 is 2.03 bits per heavy atom. The lowest BCUT2D eigenvalue weighted by molar-refractivity contribution is 0.402. The number of rotatable bonds is 8. The van der Waals surface area contributed by atoms with Gasteiger partial charge >= 0.3 is 0 Å². The third-order valence-corrected chi connectivity index (χ3v) is 5.20. The van der Waals surface area contributed by atoms with Crippen LogP contribution < -0.4 is 9.47 Å². The molecule has 0 N–H and O–H groups in total. The number of benzene rings is 3. The van der Waals surface area contributed by atoms with Crippen LogP contribution >= 0.6 is 12.4 Å². The van der Waals surface area contributed by atoms with Crippen molar-refractivity contribution < 1.29 is 9.47 Å². The molecule has 6 nitrogen and oxygen atoms in total. The summed E-state index contributed by atoms with van der Waals surface area (Å²) < 4.78 is 12.6. The first-order chi connectivity index (χ1) is 15.6. The van der Waals surface area contributed by atoms with E-state index in [9.17, 15) is 0 Å². The Kier molecular flexibility index (Phi) is 8.09. The molecule has 0 bridgehead atoms. The Morgan fingerprint density at radius 2 is 1.42 bits per heavy atom. The molecule has 0 aliphatic rings. The second-order valence-electron chi connectivity index (χ2n) is 7.93. The molecule has 4 aromatic rings. The van der Waals surface area contributed by atoms with Crippen LogP contribution in [0.25, 0.3) is 22.8 Å². The zero-order valence-electron chi connectivity index (χ0n) is 19.4. The fraction of sp³-hybridized carbons (Fsp3) is 0.231. The quantitative estimate of drug-likeness (QED) is 0.360. The van der Waals surface area contributed by atoms with Crippen LogP contribution in [0.4, 0.5) is 0 Å². The molecule has 0 radical (unpaired) electrons. The summed E-state index contributed by atoms with van der Waals surface area (Å²) in [5, 5.41) is 4.89. The smallest absolute Gasteiger partial charge is 0.181 e. The monoisotopic (exact) mass is 464 g/mol. The molecule has 0 saturated heterocycles. The molecule has 0 fully saturated rings. The fourth-order valence-electron chi connectivity index (χ4n) is 3.61. The van der Waals surface area contributed by atoms with Gasteiger partial charge in [-0.25, -0.2) is 9.67 Å². The van der Waals surface area contributed by atoms with Crippen molar-refractivity contribution in [3.8, 4) is 34.3 Å². The summed E-state index contributed by atoms with van der Waals surface area (Å²) in [6, 6.07) is 24.3. The van der Waals surface area contributed by atoms with Gasteiger partial charge in [-0.15, -0.1) is 12.4 Å². The van der Waals surface area contributed by atoms with Gasteiger partial charge in [0.1, 0.15) is 11.5 Å². The highest BCUT2D eigenvalue weighted by atomic mass is 35.5. The largest absolute Gasteiger partial charge is 0.497 e. The van der Waals surface area contributed by atoms with Gasteiger partial charge in [0.2, 0.25) is 0 Å². The Bertz CT molecular complexity index is 1170. The lowest BCUT2D eigenvalue weighted by Gasteiger charge is -2.09. The first-order valence-electron chi connectivity index (χ1n) is 10.5. The SMILES string of the molecule is COc1ccc(Cn2nc(-c3cccc(CN(C)C)c3)nc2-c2ccc(OC)cc2)cc1.Cl. The molecule has 0 aliphatic carbocycles. The summed E-state index contributed by atoms with van der Waals surface area (Å²) in [6.07, 6.45) is 0. The van der Waals surface area contributed by atoms with E-state index < -0.39 is 0 Å². The number of nitrogens with zero attached hydrogens (tertiary/aromatic N) is 4. The molecular formula is C26H29ClN4O2. The molecule has 0 amide bonds. The average Bonchev–Trinajstić information content (AvgIpc) is 3.23. The Balaban J connectivity index is 0.00000306. The summed E-state index contributed by atoms with van der Waals surface area (Å²) in [4.78, 5) is 7.08. The predicted octanol–water partition coefficient (Wildman–Crippen LogP) is 5.16. The van der Waals surface area contributed by atoms with E-state index in [0.29, 0.717) is 12.4 Å². The molecule has 0 spiro atoms. The Labute approximate surface area is 201 Å². The van der Waals surface area contributed by atoms with Crippen LogP contribution in [-0.2, 0) is 13.1 Å². The predicted molar refractivity (Wildman–Crippen MR) is 134 cm³/mol. The van der Waals surface area contributed by atoms with Crippen molar-refractivity contribution in [2.75, 3.05) is 28.3 Å². The highest BCUT2D eigenvalue weighted by Crippen LogP contribution is 2.26. The fourth-order valence-corrected chi connectivity index (χ4v) is 3.61. The van der Waals surface area contributed by atoms with Gasteiger partial charge in [0.25, 0.3) is 0 Å². The molecule has 0 atom stereocenters. The normalized spacial score (nSPS) is 10.7. The van der Waals surface area contributed by atoms with E-state index >= 15 is 0 Å². The van der Waals surface area contributed by atoms with Gasteiger partial charge in [-0.1, -0.05) is 30.3 Å². The molecule has 7 heteroatoms. The summed E-state index contributed by atoms with van der Waals surface area (Å²) in [6.45, 7) is 1.47. The van der Waals surface area contributed by atoms with Crippen LogP contribution in [0.5, 0.6) is 11.5 Å². The summed E-state index contributed by atoms with van der Waals surface area (Å²) in [7, 11) is 7.47. The number of aromatic nitrogens is 3. The zero-order chi connectivity index (χ0) is 22.5. The van der Waals surface area contributed by atoms with E-state index in [2.05, 4.69) is 55.4 Å². The van der Waals surface area contributed by atoms with Crippen molar-refractivity contribution in [1.82, 2.24) is 19.7 Å². The van der Waals surface area contributed by atoms with Gasteiger partial charge in [-0.3, -0.25) is 0 Å². The first-order valence-corrected chi connectivity index (χ1v) is 10.5. The minimum atomic E-state index is 0. The molecule has 0 saturated carbocycles. The van der Waals surface area contributed by atoms with Gasteiger partial charge in [0.15, 0.2) is 11.6 Å². The minimum Gasteiger partial charge on any atom is -0.497 e. The molecular weight excluding hydrogens is 436 g/mol. The van der Waals surface area contributed by atoms with Crippen LogP contribution in [0, 0.1) is 0 Å². The molecule has 1 heterocycles. The average molecular weight is 465 g/mol. The second kappa shape index (κ2) is 11.0. The third-order valence-electron chi connectivity index (χ3n) is 5.20. The van der Waals surface area contributed by atoms with E-state index in [0.717, 1.165) is 40.6 Å². The Morgan fingerprint density at radius 1 is 0.788 bits per heavy atom. The van der Waals surface area contributed by atoms with Gasteiger partial charge in [-0.05, 0) is 67.7 Å². The topological polar surface area (TPSA) is 52.4 Å². The first kappa shape index (κ1) is 24.3. The van der Waals surface area contributed by atoms with E-state index in [1.165, 1.54) is 5.56 Å². The summed E-state index contributed by atoms with van der Waals surface area (Å²) in [5.41, 5.74) is 4.35. The van der Waals surface area contributed by atoms with Crippen molar-refractivity contribution in [1.29, 1.82) is 0 Å². The van der Waals surface area contributed by atoms with E-state index in [1.54, 1.807) is 14.2 Å². The number of methoxy groups -OCH3 is 2. The van der Waals surface area contributed by atoms with Crippen molar-refractivity contribution in [2.45, 2.75) is 13.1 Å². The molecule has 3 aromatic carbocycles. The molecule has 0 unspecified atom stereocenters. The van der Waals surface area contributed by atoms with Gasteiger partial charge < -0.3 is 14.4 Å². The van der Waals surface area contributed by atoms with Crippen molar-refractivity contribution in [3.05, 3.63) is 83.9 Å². The number of halogens is 1. The minimum absolute atomic E-state index is 0. The summed E-state index contributed by atoms with van der Waals surface area (Å²) >= 11 is 0. The summed E-state index contributed by atoms with van der Waals surface area (Å²) in [5.74, 6) is 3.18. The van der Waals surface area contributed by atoms with E-state index in [4.69, 9.17) is 19.6 Å². The lowest BCUT2D eigenvalue weighted by atomic mass is 10.1. The number of ether oxygens (including phenoxy) is 2. The Hall–Kier alpha value is -3.35. The van der Waals surface area contributed by atoms with Crippen molar-refractivity contribution >= 4 is 12.4 Å². The lowest BCUT2D eigenvalue weighted by Crippen LogP contribution is -2.10. The maximum Gasteiger partial charge on any atom is 0.181 e. The second-order valence-corrected chi connectivity index (χ2v) is 7.93. The van der Waals surface area contributed by atoms with Crippen LogP contribution in [0.1, 0.15) is 11.1 Å². The highest BCUT2D eigenvalue weighted by molar-refractivity contribution is 5.85. The molecule has 4 rings (SSSR count). The van der Waals surface area contributed by atoms with E-state index in [1.807, 2.05) is 41.1 Å². The standard InChI is InChI=1S/C26H28N4O2.ClH/c1-29(2)17-20-6-5-7-22(16-20)25-27-26(21-10-14-24(32-4)15-11-21)30(28-25)18-19-8-12-23(31-3)13-9-19;/h5-16H,17-18H2,1-4H3;1H. The maximum atomic E-state index is 5.31. The molecule has 1 aromatic heterocycles. The van der Waals surface area contributed by atoms with Crippen LogP contribution in [0.3, 0.4) is 0 Å². The van der Waals surface area contributed by atoms with Crippen LogP contribution in [0.15, 0.2) is 72.8 Å². The molecule has 33 heavy (non-hydrogen) atoms. The molecule has 172 valence electrons. The van der Waals surface area contributed by atoms with Crippen LogP contribution in [-0.4, -0.2) is 48.0 Å². The van der Waals surface area contributed by atoms with Gasteiger partial charge in [-0.2, -0.15) is 5.10 Å². The number of hydrogen-bond acceptors (Lipinski definition) is 5. The van der Waals surface area contributed by atoms with E-state index in [-0.39, 0.29) is 12.4 Å². The van der Waals surface area contributed by atoms with Gasteiger partial charge in [0, 0.05) is 17.7 Å². The highest BCUT2D eigenvalue weighted by Gasteiger charge is 2.15. The van der Waals surface area contributed by atoms with Crippen molar-refractivity contribution in [3.63, 3.8) is 0 Å². The van der Waals surface area contributed by atoms with Crippen molar-refractivity contribution in [2.24, 2.45) is 0 Å². The zero-order valence-corrected chi connectivity index (χ0v) is 20.2. The van der Waals surface area contributed by atoms with Crippen LogP contribution in [0.2, 0.25) is 0 Å². The number of hydrogen-bond donors (Lipinski definition) is 0. The molecule has 0 aliphatic heterocycles. The maximum absolute atomic E-state index is 5.31.